The monoisotopic (exact) mass is 473 g/mol. The molecule has 0 amide bonds. The van der Waals surface area contributed by atoms with E-state index in [9.17, 15) is 5.11 Å². The molecule has 3 aromatic carbocycles. The van der Waals surface area contributed by atoms with Crippen molar-refractivity contribution in [2.24, 2.45) is 5.10 Å². The van der Waals surface area contributed by atoms with Gasteiger partial charge < -0.3 is 5.11 Å². The number of benzene rings is 3. The van der Waals surface area contributed by atoms with Crippen LogP contribution in [0.5, 0.6) is 5.75 Å². The molecule has 0 radical (unpaired) electrons. The number of nitrogens with one attached hydrogen (secondary N) is 1. The molecule has 0 atom stereocenters. The minimum Gasteiger partial charge on any atom is -0.506 e. The van der Waals surface area contributed by atoms with Crippen LogP contribution in [0.1, 0.15) is 5.56 Å². The van der Waals surface area contributed by atoms with Crippen LogP contribution in [0.15, 0.2) is 71.8 Å². The Labute approximate surface area is 192 Å². The van der Waals surface area contributed by atoms with Crippen molar-refractivity contribution in [1.82, 2.24) is 4.98 Å². The van der Waals surface area contributed by atoms with Crippen molar-refractivity contribution in [2.45, 2.75) is 0 Å². The molecule has 0 saturated heterocycles. The first-order valence-electron chi connectivity index (χ1n) is 8.80. The fourth-order valence-corrected chi connectivity index (χ4v) is 4.38. The molecule has 2 N–H and O–H groups in total. The number of aromatic nitrogens is 1. The third kappa shape index (κ3) is 4.60. The summed E-state index contributed by atoms with van der Waals surface area (Å²) in [5, 5.41) is 16.1. The Morgan fingerprint density at radius 1 is 0.900 bits per heavy atom. The quantitative estimate of drug-likeness (QED) is 0.231. The number of nitrogens with zero attached hydrogens (tertiary/aromatic N) is 2. The van der Waals surface area contributed by atoms with Crippen molar-refractivity contribution in [3.8, 4) is 27.4 Å². The molecule has 0 bridgehead atoms. The van der Waals surface area contributed by atoms with Gasteiger partial charge in [0.05, 0.1) is 21.8 Å². The number of thiazole rings is 1. The second-order valence-electron chi connectivity index (χ2n) is 6.27. The summed E-state index contributed by atoms with van der Waals surface area (Å²) in [5.41, 5.74) is 6.17. The molecule has 0 aliphatic heterocycles. The minimum absolute atomic E-state index is 0.0856. The molecule has 150 valence electrons. The second kappa shape index (κ2) is 9.06. The number of rotatable bonds is 5. The number of hydrazone groups is 1. The average molecular weight is 475 g/mol. The van der Waals surface area contributed by atoms with Crippen LogP contribution >= 0.6 is 46.1 Å². The SMILES string of the molecule is Oc1c(Cl)cc(Cl)cc1/C=N/Nc1nc(-c2ccccc2)c(-c2ccc(Cl)cc2)s1. The lowest BCUT2D eigenvalue weighted by Crippen LogP contribution is -1.91. The number of anilines is 1. The molecular formula is C22H14Cl3N3OS. The van der Waals surface area contributed by atoms with Crippen LogP contribution in [0.3, 0.4) is 0 Å². The zero-order valence-corrected chi connectivity index (χ0v) is 18.4. The maximum absolute atomic E-state index is 10.1. The van der Waals surface area contributed by atoms with Gasteiger partial charge in [-0.05, 0) is 29.8 Å². The predicted molar refractivity (Wildman–Crippen MR) is 127 cm³/mol. The van der Waals surface area contributed by atoms with Gasteiger partial charge in [0.1, 0.15) is 5.75 Å². The zero-order chi connectivity index (χ0) is 21.1. The van der Waals surface area contributed by atoms with E-state index in [1.54, 1.807) is 6.07 Å². The Kier molecular flexibility index (Phi) is 6.25. The minimum atomic E-state index is -0.0856. The maximum Gasteiger partial charge on any atom is 0.204 e. The highest BCUT2D eigenvalue weighted by Gasteiger charge is 2.15. The van der Waals surface area contributed by atoms with E-state index in [2.05, 4.69) is 10.5 Å². The van der Waals surface area contributed by atoms with E-state index >= 15 is 0 Å². The van der Waals surface area contributed by atoms with Crippen molar-refractivity contribution >= 4 is 57.5 Å². The summed E-state index contributed by atoms with van der Waals surface area (Å²) in [6.07, 6.45) is 1.44. The van der Waals surface area contributed by atoms with Crippen LogP contribution in [0.2, 0.25) is 15.1 Å². The Bertz CT molecular complexity index is 1210. The number of halogens is 3. The van der Waals surface area contributed by atoms with Gasteiger partial charge >= 0.3 is 0 Å². The standard InChI is InChI=1S/C22H14Cl3N3OS/c23-16-8-6-14(7-9-16)21-19(13-4-2-1-3-5-13)27-22(30-21)28-26-12-15-10-17(24)11-18(25)20(15)29/h1-12,29H,(H,27,28)/b26-12+. The first kappa shape index (κ1) is 20.7. The van der Waals surface area contributed by atoms with Crippen LogP contribution in [-0.2, 0) is 0 Å². The summed E-state index contributed by atoms with van der Waals surface area (Å²) in [7, 11) is 0. The summed E-state index contributed by atoms with van der Waals surface area (Å²) in [6.45, 7) is 0. The Morgan fingerprint density at radius 3 is 2.37 bits per heavy atom. The van der Waals surface area contributed by atoms with E-state index in [0.717, 1.165) is 21.7 Å². The van der Waals surface area contributed by atoms with Crippen molar-refractivity contribution in [2.75, 3.05) is 5.43 Å². The molecule has 30 heavy (non-hydrogen) atoms. The lowest BCUT2D eigenvalue weighted by molar-refractivity contribution is 0.475. The molecule has 0 saturated carbocycles. The molecular weight excluding hydrogens is 461 g/mol. The van der Waals surface area contributed by atoms with Crippen molar-refractivity contribution < 1.29 is 5.11 Å². The maximum atomic E-state index is 10.1. The van der Waals surface area contributed by atoms with E-state index in [0.29, 0.717) is 20.7 Å². The Morgan fingerprint density at radius 2 is 1.63 bits per heavy atom. The van der Waals surface area contributed by atoms with E-state index in [1.165, 1.54) is 23.6 Å². The fraction of sp³-hybridized carbons (Fsp3) is 0. The molecule has 0 aliphatic carbocycles. The number of hydrogen-bond donors (Lipinski definition) is 2. The molecule has 0 unspecified atom stereocenters. The van der Waals surface area contributed by atoms with Crippen molar-refractivity contribution in [3.63, 3.8) is 0 Å². The Hall–Kier alpha value is -2.57. The molecule has 4 aromatic rings. The van der Waals surface area contributed by atoms with E-state index in [-0.39, 0.29) is 10.8 Å². The van der Waals surface area contributed by atoms with E-state index < -0.39 is 0 Å². The lowest BCUT2D eigenvalue weighted by Gasteiger charge is -2.02. The largest absolute Gasteiger partial charge is 0.506 e. The first-order valence-corrected chi connectivity index (χ1v) is 10.8. The van der Waals surface area contributed by atoms with Crippen molar-refractivity contribution in [1.29, 1.82) is 0 Å². The molecule has 0 spiro atoms. The predicted octanol–water partition coefficient (Wildman–Crippen LogP) is 7.59. The molecule has 0 fully saturated rings. The van der Waals surface area contributed by atoms with Gasteiger partial charge in [-0.2, -0.15) is 5.10 Å². The van der Waals surface area contributed by atoms with Gasteiger partial charge in [0.15, 0.2) is 0 Å². The molecule has 4 nitrogen and oxygen atoms in total. The van der Waals surface area contributed by atoms with Gasteiger partial charge in [0, 0.05) is 21.2 Å². The number of phenolic OH excluding ortho intramolecular Hbond substituents is 1. The average Bonchev–Trinajstić information content (AvgIpc) is 3.17. The summed E-state index contributed by atoms with van der Waals surface area (Å²) in [6, 6.07) is 20.6. The number of aromatic hydroxyl groups is 1. The van der Waals surface area contributed by atoms with Crippen LogP contribution < -0.4 is 5.43 Å². The summed E-state index contributed by atoms with van der Waals surface area (Å²) in [5.74, 6) is -0.0856. The molecule has 8 heteroatoms. The van der Waals surface area contributed by atoms with Crippen LogP contribution in [0.4, 0.5) is 5.13 Å². The second-order valence-corrected chi connectivity index (χ2v) is 8.54. The topological polar surface area (TPSA) is 57.5 Å². The van der Waals surface area contributed by atoms with Crippen LogP contribution in [-0.4, -0.2) is 16.3 Å². The number of phenols is 1. The zero-order valence-electron chi connectivity index (χ0n) is 15.3. The smallest absolute Gasteiger partial charge is 0.204 e. The lowest BCUT2D eigenvalue weighted by atomic mass is 10.1. The Balaban J connectivity index is 1.67. The summed E-state index contributed by atoms with van der Waals surface area (Å²) in [4.78, 5) is 5.70. The van der Waals surface area contributed by atoms with Gasteiger partial charge in [-0.1, -0.05) is 88.6 Å². The van der Waals surface area contributed by atoms with E-state index in [1.807, 2.05) is 54.6 Å². The third-order valence-corrected chi connectivity index (χ3v) is 5.97. The molecule has 0 aliphatic rings. The van der Waals surface area contributed by atoms with Crippen LogP contribution in [0.25, 0.3) is 21.7 Å². The molecule has 1 heterocycles. The third-order valence-electron chi connectivity index (χ3n) is 4.20. The van der Waals surface area contributed by atoms with Crippen LogP contribution in [0, 0.1) is 0 Å². The highest BCUT2D eigenvalue weighted by atomic mass is 35.5. The number of hydrogen-bond acceptors (Lipinski definition) is 5. The highest BCUT2D eigenvalue weighted by molar-refractivity contribution is 7.19. The van der Waals surface area contributed by atoms with Gasteiger partial charge in [-0.3, -0.25) is 5.43 Å². The summed E-state index contributed by atoms with van der Waals surface area (Å²) >= 11 is 19.4. The van der Waals surface area contributed by atoms with Crippen molar-refractivity contribution in [3.05, 3.63) is 87.4 Å². The van der Waals surface area contributed by atoms with Gasteiger partial charge in [-0.25, -0.2) is 4.98 Å². The first-order chi connectivity index (χ1) is 14.5. The molecule has 1 aromatic heterocycles. The van der Waals surface area contributed by atoms with Gasteiger partial charge in [0.2, 0.25) is 5.13 Å². The highest BCUT2D eigenvalue weighted by Crippen LogP contribution is 2.39. The normalized spacial score (nSPS) is 11.2. The molecule has 4 rings (SSSR count). The van der Waals surface area contributed by atoms with Gasteiger partial charge in [-0.15, -0.1) is 0 Å². The van der Waals surface area contributed by atoms with Gasteiger partial charge in [0.25, 0.3) is 0 Å². The summed E-state index contributed by atoms with van der Waals surface area (Å²) < 4.78 is 0. The fourth-order valence-electron chi connectivity index (χ4n) is 2.80. The van der Waals surface area contributed by atoms with E-state index in [4.69, 9.17) is 39.8 Å².